The number of aromatic nitrogens is 2. The van der Waals surface area contributed by atoms with Gasteiger partial charge in [-0.25, -0.2) is 4.98 Å². The van der Waals surface area contributed by atoms with E-state index >= 15 is 0 Å². The van der Waals surface area contributed by atoms with Crippen LogP contribution in [0.5, 0.6) is 0 Å². The van der Waals surface area contributed by atoms with Gasteiger partial charge in [0.05, 0.1) is 0 Å². The molecule has 0 aliphatic rings. The van der Waals surface area contributed by atoms with Crippen molar-refractivity contribution in [1.29, 1.82) is 0 Å². The third kappa shape index (κ3) is 2.44. The smallest absolute Gasteiger partial charge is 0.290 e. The van der Waals surface area contributed by atoms with Gasteiger partial charge in [0.2, 0.25) is 0 Å². The van der Waals surface area contributed by atoms with E-state index in [-0.39, 0.29) is 5.56 Å². The average molecular weight is 230 g/mol. The Hall–Kier alpha value is -2.30. The zero-order chi connectivity index (χ0) is 12.3. The molecule has 2 aromatic rings. The minimum absolute atomic E-state index is 0.228. The zero-order valence-corrected chi connectivity index (χ0v) is 9.53. The molecular formula is C12H14N4O. The number of nitrogen functional groups attached to an aromatic ring is 1. The molecule has 0 saturated carbocycles. The largest absolute Gasteiger partial charge is 0.399 e. The molecule has 4 N–H and O–H groups in total. The van der Waals surface area contributed by atoms with Gasteiger partial charge in [-0.15, -0.1) is 0 Å². The van der Waals surface area contributed by atoms with Crippen LogP contribution in [0.2, 0.25) is 0 Å². The van der Waals surface area contributed by atoms with Crippen molar-refractivity contribution in [3.63, 3.8) is 0 Å². The van der Waals surface area contributed by atoms with Crippen LogP contribution in [0.3, 0.4) is 0 Å². The molecule has 2 rings (SSSR count). The van der Waals surface area contributed by atoms with Crippen molar-refractivity contribution < 1.29 is 0 Å². The van der Waals surface area contributed by atoms with E-state index < -0.39 is 0 Å². The Balaban J connectivity index is 2.16. The number of hydrogen-bond donors (Lipinski definition) is 3. The van der Waals surface area contributed by atoms with Crippen LogP contribution < -0.4 is 16.6 Å². The second-order valence-electron chi connectivity index (χ2n) is 3.75. The van der Waals surface area contributed by atoms with Crippen LogP contribution >= 0.6 is 0 Å². The Morgan fingerprint density at radius 3 is 3.06 bits per heavy atom. The van der Waals surface area contributed by atoms with Crippen molar-refractivity contribution in [2.45, 2.75) is 13.5 Å². The Bertz CT molecular complexity index is 577. The van der Waals surface area contributed by atoms with E-state index in [0.29, 0.717) is 12.4 Å². The summed E-state index contributed by atoms with van der Waals surface area (Å²) in [4.78, 5) is 17.9. The van der Waals surface area contributed by atoms with Crippen molar-refractivity contribution in [3.05, 3.63) is 52.1 Å². The number of nitrogens with one attached hydrogen (secondary N) is 2. The van der Waals surface area contributed by atoms with Gasteiger partial charge in [0, 0.05) is 24.6 Å². The highest BCUT2D eigenvalue weighted by molar-refractivity contribution is 5.50. The lowest BCUT2D eigenvalue weighted by Crippen LogP contribution is -2.15. The number of anilines is 2. The van der Waals surface area contributed by atoms with Crippen LogP contribution in [0.25, 0.3) is 0 Å². The van der Waals surface area contributed by atoms with E-state index in [0.717, 1.165) is 16.8 Å². The van der Waals surface area contributed by atoms with Crippen LogP contribution in [0, 0.1) is 6.92 Å². The first-order valence-corrected chi connectivity index (χ1v) is 5.30. The molecule has 0 radical (unpaired) electrons. The Morgan fingerprint density at radius 2 is 2.29 bits per heavy atom. The number of hydrogen-bond acceptors (Lipinski definition) is 4. The number of nitrogens with two attached hydrogens (primary N) is 1. The van der Waals surface area contributed by atoms with Gasteiger partial charge >= 0.3 is 0 Å². The summed E-state index contributed by atoms with van der Waals surface area (Å²) in [6.45, 7) is 2.48. The van der Waals surface area contributed by atoms with Crippen molar-refractivity contribution in [1.82, 2.24) is 9.97 Å². The van der Waals surface area contributed by atoms with Crippen LogP contribution in [-0.2, 0) is 6.54 Å². The van der Waals surface area contributed by atoms with E-state index in [1.165, 1.54) is 12.4 Å². The summed E-state index contributed by atoms with van der Waals surface area (Å²) in [7, 11) is 0. The van der Waals surface area contributed by atoms with Crippen LogP contribution in [0.15, 0.2) is 35.4 Å². The molecule has 0 unspecified atom stereocenters. The van der Waals surface area contributed by atoms with Gasteiger partial charge in [0.15, 0.2) is 5.82 Å². The van der Waals surface area contributed by atoms with E-state index in [1.54, 1.807) is 0 Å². The zero-order valence-electron chi connectivity index (χ0n) is 9.53. The van der Waals surface area contributed by atoms with Gasteiger partial charge in [-0.3, -0.25) is 4.79 Å². The van der Waals surface area contributed by atoms with Gasteiger partial charge < -0.3 is 16.0 Å². The molecule has 0 amide bonds. The first-order chi connectivity index (χ1) is 8.18. The summed E-state index contributed by atoms with van der Waals surface area (Å²) in [5.41, 5.74) is 8.40. The maximum Gasteiger partial charge on any atom is 0.290 e. The Morgan fingerprint density at radius 1 is 1.47 bits per heavy atom. The maximum atomic E-state index is 11.4. The van der Waals surface area contributed by atoms with Crippen LogP contribution in [0.4, 0.5) is 11.5 Å². The predicted octanol–water partition coefficient (Wildman–Crippen LogP) is 1.27. The minimum Gasteiger partial charge on any atom is -0.399 e. The molecule has 0 spiro atoms. The van der Waals surface area contributed by atoms with E-state index in [2.05, 4.69) is 15.3 Å². The van der Waals surface area contributed by atoms with Crippen LogP contribution in [0.1, 0.15) is 11.1 Å². The molecule has 0 saturated heterocycles. The van der Waals surface area contributed by atoms with E-state index in [9.17, 15) is 4.79 Å². The standard InChI is InChI=1S/C12H14N4O/c1-8-9(3-2-4-10(8)13)7-16-11-12(17)15-6-5-14-11/h2-6H,7,13H2,1H3,(H,14,16)(H,15,17). The van der Waals surface area contributed by atoms with Crippen molar-refractivity contribution in [3.8, 4) is 0 Å². The lowest BCUT2D eigenvalue weighted by molar-refractivity contribution is 1.05. The fourth-order valence-electron chi connectivity index (χ4n) is 1.55. The lowest BCUT2D eigenvalue weighted by atomic mass is 10.1. The molecule has 1 heterocycles. The molecule has 1 aromatic heterocycles. The molecule has 0 atom stereocenters. The maximum absolute atomic E-state index is 11.4. The summed E-state index contributed by atoms with van der Waals surface area (Å²) in [5, 5.41) is 2.99. The highest BCUT2D eigenvalue weighted by Gasteiger charge is 2.03. The summed E-state index contributed by atoms with van der Waals surface area (Å²) in [5.74, 6) is 0.314. The predicted molar refractivity (Wildman–Crippen MR) is 67.8 cm³/mol. The van der Waals surface area contributed by atoms with Gasteiger partial charge in [0.1, 0.15) is 0 Å². The summed E-state index contributed by atoms with van der Waals surface area (Å²) in [6, 6.07) is 5.71. The number of aromatic amines is 1. The minimum atomic E-state index is -0.228. The van der Waals surface area contributed by atoms with E-state index in [4.69, 9.17) is 5.73 Å². The van der Waals surface area contributed by atoms with Crippen molar-refractivity contribution in [2.24, 2.45) is 0 Å². The fraction of sp³-hybridized carbons (Fsp3) is 0.167. The van der Waals surface area contributed by atoms with Gasteiger partial charge in [-0.2, -0.15) is 0 Å². The van der Waals surface area contributed by atoms with Gasteiger partial charge in [0.25, 0.3) is 5.56 Å². The molecular weight excluding hydrogens is 216 g/mol. The Kier molecular flexibility index (Phi) is 3.09. The fourth-order valence-corrected chi connectivity index (χ4v) is 1.55. The molecule has 5 nitrogen and oxygen atoms in total. The van der Waals surface area contributed by atoms with Crippen LogP contribution in [-0.4, -0.2) is 9.97 Å². The number of H-pyrrole nitrogens is 1. The third-order valence-corrected chi connectivity index (χ3v) is 2.64. The summed E-state index contributed by atoms with van der Waals surface area (Å²) >= 11 is 0. The number of nitrogens with zero attached hydrogens (tertiary/aromatic N) is 1. The molecule has 0 fully saturated rings. The molecule has 0 aliphatic carbocycles. The first-order valence-electron chi connectivity index (χ1n) is 5.30. The van der Waals surface area contributed by atoms with Crippen molar-refractivity contribution >= 4 is 11.5 Å². The molecule has 1 aromatic carbocycles. The van der Waals surface area contributed by atoms with Gasteiger partial charge in [-0.1, -0.05) is 12.1 Å². The molecule has 0 bridgehead atoms. The van der Waals surface area contributed by atoms with Gasteiger partial charge in [-0.05, 0) is 24.1 Å². The molecule has 88 valence electrons. The second kappa shape index (κ2) is 4.69. The number of benzene rings is 1. The Labute approximate surface area is 98.7 Å². The highest BCUT2D eigenvalue weighted by Crippen LogP contribution is 2.15. The number of rotatable bonds is 3. The highest BCUT2D eigenvalue weighted by atomic mass is 16.1. The second-order valence-corrected chi connectivity index (χ2v) is 3.75. The molecule has 0 aliphatic heterocycles. The summed E-state index contributed by atoms with van der Waals surface area (Å²) < 4.78 is 0. The topological polar surface area (TPSA) is 83.8 Å². The SMILES string of the molecule is Cc1c(N)cccc1CNc1ncc[nH]c1=O. The van der Waals surface area contributed by atoms with E-state index in [1.807, 2.05) is 25.1 Å². The molecule has 5 heteroatoms. The first kappa shape index (κ1) is 11.2. The lowest BCUT2D eigenvalue weighted by Gasteiger charge is -2.09. The quantitative estimate of drug-likeness (QED) is 0.693. The normalized spacial score (nSPS) is 10.2. The average Bonchev–Trinajstić information content (AvgIpc) is 2.33. The third-order valence-electron chi connectivity index (χ3n) is 2.64. The summed E-state index contributed by atoms with van der Waals surface area (Å²) in [6.07, 6.45) is 3.04. The monoisotopic (exact) mass is 230 g/mol. The van der Waals surface area contributed by atoms with Crippen molar-refractivity contribution in [2.75, 3.05) is 11.1 Å². The molecule has 17 heavy (non-hydrogen) atoms.